The number of para-hydroxylation sites is 1. The van der Waals surface area contributed by atoms with Crippen LogP contribution >= 0.6 is 31.9 Å². The fourth-order valence-electron chi connectivity index (χ4n) is 2.24. The number of halogens is 2. The predicted molar refractivity (Wildman–Crippen MR) is 115 cm³/mol. The third-order valence-electron chi connectivity index (χ3n) is 3.35. The Morgan fingerprint density at radius 2 is 1.62 bits per heavy atom. The van der Waals surface area contributed by atoms with Gasteiger partial charge in [-0.15, -0.1) is 0 Å². The summed E-state index contributed by atoms with van der Waals surface area (Å²) in [6.45, 7) is 11.8. The number of benzene rings is 2. The number of nitrogens with zero attached hydrogens (tertiary/aromatic N) is 1. The summed E-state index contributed by atoms with van der Waals surface area (Å²) in [6.07, 6.45) is 1.03. The minimum atomic E-state index is 1.03. The molecular weight excluding hydrogens is 426 g/mol. The van der Waals surface area contributed by atoms with Crippen LogP contribution in [0, 0.1) is 6.92 Å². The molecule has 1 aromatic heterocycles. The predicted octanol–water partition coefficient (Wildman–Crippen LogP) is 8.03. The molecule has 0 aliphatic carbocycles. The Bertz CT molecular complexity index is 773. The molecule has 3 aromatic rings. The van der Waals surface area contributed by atoms with Gasteiger partial charge in [0.05, 0.1) is 5.52 Å². The fraction of sp³-hybridized carbons (Fsp3) is 0.238. The maximum atomic E-state index is 3.59. The molecule has 0 aliphatic heterocycles. The highest BCUT2D eigenvalue weighted by Gasteiger charge is 2.07. The van der Waals surface area contributed by atoms with E-state index in [0.29, 0.717) is 0 Å². The highest BCUT2D eigenvalue weighted by Crippen LogP contribution is 2.26. The Morgan fingerprint density at radius 3 is 2.17 bits per heavy atom. The number of hydrogen-bond donors (Lipinski definition) is 0. The summed E-state index contributed by atoms with van der Waals surface area (Å²) in [5, 5.41) is 1.26. The smallest absolute Gasteiger partial charge is 0.0532 e. The second kappa shape index (κ2) is 10.5. The zero-order valence-corrected chi connectivity index (χ0v) is 18.0. The third kappa shape index (κ3) is 5.64. The van der Waals surface area contributed by atoms with Crippen LogP contribution in [0.5, 0.6) is 0 Å². The third-order valence-corrected chi connectivity index (χ3v) is 4.40. The van der Waals surface area contributed by atoms with E-state index in [-0.39, 0.29) is 0 Å². The second-order valence-corrected chi connectivity index (χ2v) is 7.07. The molecule has 0 atom stereocenters. The van der Waals surface area contributed by atoms with Gasteiger partial charge in [0.2, 0.25) is 0 Å². The zero-order valence-electron chi connectivity index (χ0n) is 14.8. The Kier molecular flexibility index (Phi) is 9.09. The summed E-state index contributed by atoms with van der Waals surface area (Å²) in [6, 6.07) is 19.1. The monoisotopic (exact) mass is 449 g/mol. The molecule has 0 radical (unpaired) electrons. The molecule has 1 heterocycles. The van der Waals surface area contributed by atoms with Crippen molar-refractivity contribution in [1.29, 1.82) is 0 Å². The largest absolute Gasteiger partial charge is 0.314 e. The van der Waals surface area contributed by atoms with E-state index in [1.807, 2.05) is 19.9 Å². The fourth-order valence-corrected chi connectivity index (χ4v) is 2.62. The number of rotatable bonds is 2. The van der Waals surface area contributed by atoms with Gasteiger partial charge in [-0.2, -0.15) is 0 Å². The van der Waals surface area contributed by atoms with Crippen LogP contribution in [0.25, 0.3) is 16.6 Å². The molecule has 2 aromatic carbocycles. The van der Waals surface area contributed by atoms with Crippen molar-refractivity contribution in [3.05, 3.63) is 75.8 Å². The molecule has 0 aliphatic rings. The van der Waals surface area contributed by atoms with Crippen LogP contribution in [0.2, 0.25) is 0 Å². The first-order valence-electron chi connectivity index (χ1n) is 8.19. The first-order valence-corrected chi connectivity index (χ1v) is 9.78. The Morgan fingerprint density at radius 1 is 1.04 bits per heavy atom. The molecule has 3 rings (SSSR count). The first-order chi connectivity index (χ1) is 11.5. The van der Waals surface area contributed by atoms with Crippen LogP contribution in [-0.4, -0.2) is 4.57 Å². The van der Waals surface area contributed by atoms with Crippen LogP contribution in [0.1, 0.15) is 32.9 Å². The quantitative estimate of drug-likeness (QED) is 0.372. The number of allylic oxidation sites excluding steroid dienone is 1. The molecular formula is C21H25Br2N. The van der Waals surface area contributed by atoms with Gasteiger partial charge in [0.15, 0.2) is 0 Å². The van der Waals surface area contributed by atoms with Crippen LogP contribution in [-0.2, 0) is 0 Å². The first kappa shape index (κ1) is 20.7. The van der Waals surface area contributed by atoms with Crippen molar-refractivity contribution >= 4 is 42.8 Å². The molecule has 3 heteroatoms. The lowest BCUT2D eigenvalue weighted by Crippen LogP contribution is -1.95. The SMILES string of the molecule is C=C(Br)CC.CC.Cc1cc2cc(Br)ccc2n1-c1ccccc1. The van der Waals surface area contributed by atoms with Crippen molar-refractivity contribution in [2.24, 2.45) is 0 Å². The topological polar surface area (TPSA) is 4.93 Å². The van der Waals surface area contributed by atoms with Crippen molar-refractivity contribution in [3.8, 4) is 5.69 Å². The lowest BCUT2D eigenvalue weighted by Gasteiger charge is -2.07. The van der Waals surface area contributed by atoms with Crippen molar-refractivity contribution in [3.63, 3.8) is 0 Å². The van der Waals surface area contributed by atoms with E-state index >= 15 is 0 Å². The Hall–Kier alpha value is -1.32. The van der Waals surface area contributed by atoms with Crippen LogP contribution in [0.4, 0.5) is 0 Å². The standard InChI is InChI=1S/C15H12BrN.C4H7Br.C2H6/c1-11-9-12-10-13(16)7-8-15(12)17(11)14-5-3-2-4-6-14;1-3-4(2)5;1-2/h2-10H,1H3;2-3H2,1H3;1-2H3. The summed E-state index contributed by atoms with van der Waals surface area (Å²) >= 11 is 6.69. The highest BCUT2D eigenvalue weighted by molar-refractivity contribution is 9.11. The van der Waals surface area contributed by atoms with Gasteiger partial charge in [0, 0.05) is 21.2 Å². The lowest BCUT2D eigenvalue weighted by atomic mass is 10.2. The molecule has 0 amide bonds. The maximum Gasteiger partial charge on any atom is 0.0532 e. The molecule has 128 valence electrons. The summed E-state index contributed by atoms with van der Waals surface area (Å²) in [5.41, 5.74) is 3.71. The van der Waals surface area contributed by atoms with E-state index in [2.05, 4.69) is 105 Å². The molecule has 0 bridgehead atoms. The lowest BCUT2D eigenvalue weighted by molar-refractivity contribution is 1.05. The van der Waals surface area contributed by atoms with Gasteiger partial charge in [0.25, 0.3) is 0 Å². The van der Waals surface area contributed by atoms with E-state index in [0.717, 1.165) is 15.4 Å². The van der Waals surface area contributed by atoms with E-state index in [4.69, 9.17) is 0 Å². The number of aryl methyl sites for hydroxylation is 1. The summed E-state index contributed by atoms with van der Waals surface area (Å²) in [7, 11) is 0. The molecule has 0 saturated heterocycles. The van der Waals surface area contributed by atoms with Gasteiger partial charge in [0.1, 0.15) is 0 Å². The van der Waals surface area contributed by atoms with Crippen molar-refractivity contribution in [1.82, 2.24) is 4.57 Å². The molecule has 0 spiro atoms. The number of fused-ring (bicyclic) bond motifs is 1. The van der Waals surface area contributed by atoms with Crippen LogP contribution in [0.15, 0.2) is 70.1 Å². The molecule has 1 nitrogen and oxygen atoms in total. The Balaban J connectivity index is 0.000000356. The number of aromatic nitrogens is 1. The second-order valence-electron chi connectivity index (χ2n) is 5.03. The van der Waals surface area contributed by atoms with E-state index in [1.165, 1.54) is 22.3 Å². The van der Waals surface area contributed by atoms with Gasteiger partial charge in [-0.25, -0.2) is 0 Å². The highest BCUT2D eigenvalue weighted by atomic mass is 79.9. The van der Waals surface area contributed by atoms with Gasteiger partial charge >= 0.3 is 0 Å². The van der Waals surface area contributed by atoms with Crippen molar-refractivity contribution in [2.75, 3.05) is 0 Å². The normalized spacial score (nSPS) is 9.58. The average Bonchev–Trinajstić information content (AvgIpc) is 2.92. The van der Waals surface area contributed by atoms with Crippen molar-refractivity contribution < 1.29 is 0 Å². The maximum absolute atomic E-state index is 3.59. The van der Waals surface area contributed by atoms with Gasteiger partial charge in [-0.3, -0.25) is 0 Å². The van der Waals surface area contributed by atoms with E-state index in [9.17, 15) is 0 Å². The van der Waals surface area contributed by atoms with E-state index in [1.54, 1.807) is 0 Å². The van der Waals surface area contributed by atoms with Gasteiger partial charge in [-0.05, 0) is 54.2 Å². The summed E-state index contributed by atoms with van der Waals surface area (Å²) < 4.78 is 4.47. The Labute approximate surface area is 162 Å². The summed E-state index contributed by atoms with van der Waals surface area (Å²) in [5.74, 6) is 0. The van der Waals surface area contributed by atoms with E-state index < -0.39 is 0 Å². The van der Waals surface area contributed by atoms with Crippen LogP contribution < -0.4 is 0 Å². The minimum absolute atomic E-state index is 1.03. The van der Waals surface area contributed by atoms with Gasteiger partial charge in [-0.1, -0.05) is 77.4 Å². The zero-order chi connectivity index (χ0) is 18.1. The number of hydrogen-bond acceptors (Lipinski definition) is 0. The molecule has 0 unspecified atom stereocenters. The van der Waals surface area contributed by atoms with Crippen LogP contribution in [0.3, 0.4) is 0 Å². The molecule has 24 heavy (non-hydrogen) atoms. The average molecular weight is 451 g/mol. The van der Waals surface area contributed by atoms with Crippen molar-refractivity contribution in [2.45, 2.75) is 34.1 Å². The minimum Gasteiger partial charge on any atom is -0.314 e. The molecule has 0 N–H and O–H groups in total. The molecule has 0 saturated carbocycles. The van der Waals surface area contributed by atoms with Gasteiger partial charge < -0.3 is 4.57 Å². The summed E-state index contributed by atoms with van der Waals surface area (Å²) in [4.78, 5) is 0. The molecule has 0 fully saturated rings.